The van der Waals surface area contributed by atoms with Gasteiger partial charge in [-0.25, -0.2) is 4.79 Å². The maximum Gasteiger partial charge on any atom is 0.335 e. The third-order valence-corrected chi connectivity index (χ3v) is 6.90. The summed E-state index contributed by atoms with van der Waals surface area (Å²) in [7, 11) is 0. The first-order chi connectivity index (χ1) is 16.5. The molecular formula is C29H51NO4. The number of carboxylic acid groups (broad SMARTS) is 1. The van der Waals surface area contributed by atoms with Crippen LogP contribution in [0.5, 0.6) is 0 Å². The summed E-state index contributed by atoms with van der Waals surface area (Å²) in [6, 6.07) is 5.39. The number of unbranched alkanes of at least 4 members (excludes halogenated alkanes) is 13. The molecule has 0 aliphatic heterocycles. The standard InChI is InChI=1S/C29H51NO4/c1-3-4-5-6-7-8-9-10-11-12-13-14-15-16-21-30-27-19-20-28(29(33)34)25(22-27)17-18-26(23-31)24(2)32/h19-20,22,24,26,30-32H,3-18,21,23H2,1-2H3,(H,33,34). The molecule has 4 N–H and O–H groups in total. The van der Waals surface area contributed by atoms with Gasteiger partial charge in [0, 0.05) is 24.8 Å². The highest BCUT2D eigenvalue weighted by Crippen LogP contribution is 2.21. The number of aromatic carboxylic acids is 1. The molecule has 0 radical (unpaired) electrons. The van der Waals surface area contributed by atoms with E-state index in [1.165, 1.54) is 83.5 Å². The van der Waals surface area contributed by atoms with Gasteiger partial charge in [0.2, 0.25) is 0 Å². The molecule has 0 aliphatic carbocycles. The van der Waals surface area contributed by atoms with Crippen LogP contribution in [0.4, 0.5) is 5.69 Å². The predicted molar refractivity (Wildman–Crippen MR) is 143 cm³/mol. The fourth-order valence-corrected chi connectivity index (χ4v) is 4.50. The lowest BCUT2D eigenvalue weighted by molar-refractivity contribution is 0.0694. The molecular weight excluding hydrogens is 426 g/mol. The molecule has 1 aromatic rings. The molecule has 1 rings (SSSR count). The van der Waals surface area contributed by atoms with Gasteiger partial charge in [-0.05, 0) is 49.9 Å². The maximum absolute atomic E-state index is 11.6. The van der Waals surface area contributed by atoms with Crippen molar-refractivity contribution in [2.24, 2.45) is 5.92 Å². The Kier molecular flexibility index (Phi) is 17.6. The van der Waals surface area contributed by atoms with Gasteiger partial charge in [-0.2, -0.15) is 0 Å². The van der Waals surface area contributed by atoms with Crippen LogP contribution in [0.25, 0.3) is 0 Å². The molecule has 0 aromatic heterocycles. The minimum Gasteiger partial charge on any atom is -0.478 e. The van der Waals surface area contributed by atoms with Crippen molar-refractivity contribution in [2.45, 2.75) is 123 Å². The zero-order valence-corrected chi connectivity index (χ0v) is 21.9. The summed E-state index contributed by atoms with van der Waals surface area (Å²) in [5.41, 5.74) is 1.98. The molecule has 0 saturated carbocycles. The molecule has 0 aliphatic rings. The second-order valence-corrected chi connectivity index (χ2v) is 9.92. The zero-order valence-electron chi connectivity index (χ0n) is 21.9. The molecule has 2 atom stereocenters. The highest BCUT2D eigenvalue weighted by atomic mass is 16.4. The van der Waals surface area contributed by atoms with E-state index >= 15 is 0 Å². The van der Waals surface area contributed by atoms with Gasteiger partial charge in [0.15, 0.2) is 0 Å². The molecule has 196 valence electrons. The van der Waals surface area contributed by atoms with Gasteiger partial charge in [-0.15, -0.1) is 0 Å². The van der Waals surface area contributed by atoms with E-state index in [4.69, 9.17) is 0 Å². The lowest BCUT2D eigenvalue weighted by atomic mass is 9.93. The number of nitrogens with one attached hydrogen (secondary N) is 1. The number of rotatable bonds is 22. The van der Waals surface area contributed by atoms with Gasteiger partial charge in [-0.3, -0.25) is 0 Å². The predicted octanol–water partition coefficient (Wildman–Crippen LogP) is 7.20. The van der Waals surface area contributed by atoms with Gasteiger partial charge >= 0.3 is 5.97 Å². The Morgan fingerprint density at radius 2 is 1.41 bits per heavy atom. The number of aliphatic hydroxyl groups is 2. The molecule has 0 fully saturated rings. The van der Waals surface area contributed by atoms with Crippen LogP contribution in [0.3, 0.4) is 0 Å². The normalized spacial score (nSPS) is 13.1. The van der Waals surface area contributed by atoms with E-state index < -0.39 is 12.1 Å². The highest BCUT2D eigenvalue weighted by molar-refractivity contribution is 5.90. The first-order valence-electron chi connectivity index (χ1n) is 13.9. The molecule has 0 amide bonds. The molecule has 2 unspecified atom stereocenters. The Labute approximate surface area is 208 Å². The lowest BCUT2D eigenvalue weighted by Gasteiger charge is -2.18. The van der Waals surface area contributed by atoms with Gasteiger partial charge in [-0.1, -0.05) is 90.4 Å². The van der Waals surface area contributed by atoms with Crippen LogP contribution in [0.1, 0.15) is 126 Å². The Morgan fingerprint density at radius 3 is 1.88 bits per heavy atom. The van der Waals surface area contributed by atoms with Crippen molar-refractivity contribution >= 4 is 11.7 Å². The van der Waals surface area contributed by atoms with E-state index in [-0.39, 0.29) is 12.5 Å². The largest absolute Gasteiger partial charge is 0.478 e. The van der Waals surface area contributed by atoms with E-state index in [1.54, 1.807) is 13.0 Å². The fourth-order valence-electron chi connectivity index (χ4n) is 4.50. The highest BCUT2D eigenvalue weighted by Gasteiger charge is 2.17. The van der Waals surface area contributed by atoms with Crippen molar-refractivity contribution in [2.75, 3.05) is 18.5 Å². The van der Waals surface area contributed by atoms with Gasteiger partial charge in [0.1, 0.15) is 0 Å². The number of carboxylic acids is 1. The van der Waals surface area contributed by atoms with Gasteiger partial charge < -0.3 is 20.6 Å². The average Bonchev–Trinajstić information content (AvgIpc) is 2.81. The van der Waals surface area contributed by atoms with Crippen LogP contribution >= 0.6 is 0 Å². The summed E-state index contributed by atoms with van der Waals surface area (Å²) in [6.45, 7) is 4.72. The molecule has 0 bridgehead atoms. The number of aliphatic hydroxyl groups excluding tert-OH is 2. The molecule has 1 aromatic carbocycles. The third kappa shape index (κ3) is 14.0. The van der Waals surface area contributed by atoms with Crippen molar-refractivity contribution in [1.29, 1.82) is 0 Å². The van der Waals surface area contributed by atoms with E-state index in [9.17, 15) is 20.1 Å². The van der Waals surface area contributed by atoms with Crippen LogP contribution in [0, 0.1) is 5.92 Å². The van der Waals surface area contributed by atoms with Crippen LogP contribution in [0.15, 0.2) is 18.2 Å². The summed E-state index contributed by atoms with van der Waals surface area (Å²) >= 11 is 0. The number of hydrogen-bond acceptors (Lipinski definition) is 4. The zero-order chi connectivity index (χ0) is 25.0. The minimum absolute atomic E-state index is 0.100. The Morgan fingerprint density at radius 1 is 0.882 bits per heavy atom. The summed E-state index contributed by atoms with van der Waals surface area (Å²) in [6.07, 6.45) is 19.3. The van der Waals surface area contributed by atoms with E-state index in [1.807, 2.05) is 12.1 Å². The van der Waals surface area contributed by atoms with Crippen molar-refractivity contribution in [3.05, 3.63) is 29.3 Å². The Balaban J connectivity index is 2.18. The first-order valence-corrected chi connectivity index (χ1v) is 13.9. The number of carbonyl (C=O) groups is 1. The second kappa shape index (κ2) is 19.7. The smallest absolute Gasteiger partial charge is 0.335 e. The van der Waals surface area contributed by atoms with Crippen LogP contribution < -0.4 is 5.32 Å². The molecule has 0 saturated heterocycles. The molecule has 5 nitrogen and oxygen atoms in total. The van der Waals surface area contributed by atoms with E-state index in [2.05, 4.69) is 12.2 Å². The Hall–Kier alpha value is -1.59. The average molecular weight is 478 g/mol. The quantitative estimate of drug-likeness (QED) is 0.133. The van der Waals surface area contributed by atoms with Crippen LogP contribution in [-0.2, 0) is 6.42 Å². The summed E-state index contributed by atoms with van der Waals surface area (Å²) < 4.78 is 0. The molecule has 0 heterocycles. The summed E-state index contributed by atoms with van der Waals surface area (Å²) in [5.74, 6) is -1.18. The third-order valence-electron chi connectivity index (χ3n) is 6.90. The first kappa shape index (κ1) is 30.4. The number of benzene rings is 1. The van der Waals surface area contributed by atoms with E-state index in [0.717, 1.165) is 24.2 Å². The minimum atomic E-state index is -0.939. The van der Waals surface area contributed by atoms with Crippen molar-refractivity contribution in [3.8, 4) is 0 Å². The maximum atomic E-state index is 11.6. The number of aryl methyl sites for hydroxylation is 1. The molecule has 34 heavy (non-hydrogen) atoms. The van der Waals surface area contributed by atoms with Crippen LogP contribution in [0.2, 0.25) is 0 Å². The SMILES string of the molecule is CCCCCCCCCCCCCCCCNc1ccc(C(=O)O)c(CCC(CO)C(C)O)c1. The van der Waals surface area contributed by atoms with Crippen molar-refractivity contribution in [1.82, 2.24) is 0 Å². The number of hydrogen-bond donors (Lipinski definition) is 4. The summed E-state index contributed by atoms with van der Waals surface area (Å²) in [4.78, 5) is 11.6. The fraction of sp³-hybridized carbons (Fsp3) is 0.759. The lowest BCUT2D eigenvalue weighted by Crippen LogP contribution is -2.21. The van der Waals surface area contributed by atoms with E-state index in [0.29, 0.717) is 18.4 Å². The number of anilines is 1. The molecule has 0 spiro atoms. The van der Waals surface area contributed by atoms with Gasteiger partial charge in [0.25, 0.3) is 0 Å². The summed E-state index contributed by atoms with van der Waals surface area (Å²) in [5, 5.41) is 32.1. The topological polar surface area (TPSA) is 89.8 Å². The Bertz CT molecular complexity index is 647. The monoisotopic (exact) mass is 477 g/mol. The van der Waals surface area contributed by atoms with Crippen LogP contribution in [-0.4, -0.2) is 40.5 Å². The van der Waals surface area contributed by atoms with Crippen molar-refractivity contribution in [3.63, 3.8) is 0 Å². The second-order valence-electron chi connectivity index (χ2n) is 9.92. The van der Waals surface area contributed by atoms with Crippen molar-refractivity contribution < 1.29 is 20.1 Å². The van der Waals surface area contributed by atoms with Gasteiger partial charge in [0.05, 0.1) is 11.7 Å². The molecule has 5 heteroatoms.